The molecular formula is C18H23FN4. The van der Waals surface area contributed by atoms with Crippen molar-refractivity contribution < 1.29 is 4.39 Å². The molecule has 0 bridgehead atoms. The number of halogens is 1. The summed E-state index contributed by atoms with van der Waals surface area (Å²) in [5.74, 6) is 5.19. The average Bonchev–Trinajstić information content (AvgIpc) is 2.56. The van der Waals surface area contributed by atoms with E-state index in [9.17, 15) is 4.39 Å². The normalized spacial score (nSPS) is 13.8. The Hall–Kier alpha value is -2.56. The Kier molecular flexibility index (Phi) is 6.13. The first kappa shape index (κ1) is 18.5. The van der Waals surface area contributed by atoms with Crippen LogP contribution in [0.5, 0.6) is 0 Å². The molecule has 5 heteroatoms. The Bertz CT molecular complexity index is 697. The van der Waals surface area contributed by atoms with Crippen LogP contribution in [0.2, 0.25) is 0 Å². The predicted octanol–water partition coefficient (Wildman–Crippen LogP) is 5.10. The van der Waals surface area contributed by atoms with Gasteiger partial charge in [0, 0.05) is 5.56 Å². The van der Waals surface area contributed by atoms with Crippen molar-refractivity contribution >= 4 is 5.84 Å². The van der Waals surface area contributed by atoms with Gasteiger partial charge in [0.25, 0.3) is 0 Å². The predicted molar refractivity (Wildman–Crippen MR) is 93.0 cm³/mol. The first-order chi connectivity index (χ1) is 10.6. The minimum atomic E-state index is -0.688. The zero-order valence-electron chi connectivity index (χ0n) is 12.7. The Morgan fingerprint density at radius 3 is 2.35 bits per heavy atom. The highest BCUT2D eigenvalue weighted by atomic mass is 19.1. The van der Waals surface area contributed by atoms with Crippen molar-refractivity contribution in [3.05, 3.63) is 59.9 Å². The van der Waals surface area contributed by atoms with Crippen LogP contribution in [0.4, 0.5) is 4.39 Å². The second-order valence-corrected chi connectivity index (χ2v) is 5.31. The molecule has 0 fully saturated rings. The summed E-state index contributed by atoms with van der Waals surface area (Å²) in [7, 11) is 0. The fraction of sp³-hybridized carbons (Fsp3) is 0.278. The molecule has 2 rings (SSSR count). The molecule has 23 heavy (non-hydrogen) atoms. The van der Waals surface area contributed by atoms with Crippen molar-refractivity contribution in [3.8, 4) is 11.1 Å². The molecule has 0 aromatic heterocycles. The molecule has 0 saturated heterocycles. The number of amidine groups is 1. The van der Waals surface area contributed by atoms with Crippen molar-refractivity contribution in [2.24, 2.45) is 16.1 Å². The summed E-state index contributed by atoms with van der Waals surface area (Å²) in [5, 5.41) is 6.96. The van der Waals surface area contributed by atoms with E-state index in [4.69, 9.17) is 11.4 Å². The Morgan fingerprint density at radius 2 is 1.87 bits per heavy atom. The van der Waals surface area contributed by atoms with E-state index in [0.717, 1.165) is 5.56 Å². The number of hydrazone groups is 1. The highest BCUT2D eigenvalue weighted by Gasteiger charge is 2.32. The second kappa shape index (κ2) is 7.63. The van der Waals surface area contributed by atoms with E-state index in [1.165, 1.54) is 6.07 Å². The molecule has 0 heterocycles. The van der Waals surface area contributed by atoms with E-state index in [2.05, 4.69) is 10.2 Å². The molecular weight excluding hydrogens is 291 g/mol. The summed E-state index contributed by atoms with van der Waals surface area (Å²) in [6.45, 7) is 3.78. The van der Waals surface area contributed by atoms with E-state index >= 15 is 0 Å². The lowest BCUT2D eigenvalue weighted by atomic mass is 9.78. The molecule has 0 amide bonds. The molecule has 1 unspecified atom stereocenters. The summed E-state index contributed by atoms with van der Waals surface area (Å²) in [4.78, 5) is 0. The number of hydrogen-bond acceptors (Lipinski definition) is 3. The van der Waals surface area contributed by atoms with Crippen LogP contribution in [0.15, 0.2) is 58.7 Å². The third-order valence-corrected chi connectivity index (χ3v) is 4.12. The molecule has 4 nitrogen and oxygen atoms in total. The number of benzene rings is 2. The third-order valence-electron chi connectivity index (χ3n) is 4.12. The average molecular weight is 314 g/mol. The fourth-order valence-corrected chi connectivity index (χ4v) is 2.50. The van der Waals surface area contributed by atoms with Crippen LogP contribution >= 0.6 is 0 Å². The summed E-state index contributed by atoms with van der Waals surface area (Å²) < 4.78 is 14.5. The highest BCUT2D eigenvalue weighted by Crippen LogP contribution is 2.33. The van der Waals surface area contributed by atoms with Crippen molar-refractivity contribution in [1.82, 2.24) is 0 Å². The van der Waals surface area contributed by atoms with Crippen molar-refractivity contribution in [3.63, 3.8) is 0 Å². The maximum Gasteiger partial charge on any atom is 0.179 e. The van der Waals surface area contributed by atoms with Gasteiger partial charge in [-0.2, -0.15) is 5.10 Å². The van der Waals surface area contributed by atoms with Gasteiger partial charge >= 0.3 is 0 Å². The van der Waals surface area contributed by atoms with E-state index in [1.807, 2.05) is 50.2 Å². The van der Waals surface area contributed by atoms with Gasteiger partial charge in [-0.25, -0.2) is 9.92 Å². The number of nitrogens with two attached hydrogens (primary N) is 1. The van der Waals surface area contributed by atoms with Gasteiger partial charge in [-0.3, -0.25) is 0 Å². The fourth-order valence-electron chi connectivity index (χ4n) is 2.50. The van der Waals surface area contributed by atoms with Gasteiger partial charge in [-0.05, 0) is 30.5 Å². The summed E-state index contributed by atoms with van der Waals surface area (Å²) >= 11 is 0. The standard InChI is InChI=1S/C17H19FN4.CH4/c1-3-17(2,16(21-19)22-20)13-9-10-14(15(18)11-13)12-7-5-4-6-8-12;/h4-11,19H,3,20H2,1-2H3;1H4/b21-19?,22-16-;. The molecule has 0 aliphatic rings. The van der Waals surface area contributed by atoms with E-state index in [0.29, 0.717) is 17.5 Å². The number of hydrogen-bond donors (Lipinski definition) is 2. The Balaban J connectivity index is 0.00000264. The van der Waals surface area contributed by atoms with E-state index in [-0.39, 0.29) is 19.1 Å². The van der Waals surface area contributed by atoms with E-state index < -0.39 is 5.41 Å². The Labute approximate surface area is 136 Å². The summed E-state index contributed by atoms with van der Waals surface area (Å²) in [6.07, 6.45) is 0.607. The summed E-state index contributed by atoms with van der Waals surface area (Å²) in [5.41, 5.74) is 8.59. The quantitative estimate of drug-likeness (QED) is 0.266. The van der Waals surface area contributed by atoms with Crippen molar-refractivity contribution in [2.45, 2.75) is 33.1 Å². The van der Waals surface area contributed by atoms with Crippen molar-refractivity contribution in [1.29, 1.82) is 5.53 Å². The molecule has 3 N–H and O–H groups in total. The van der Waals surface area contributed by atoms with Gasteiger partial charge in [0.05, 0.1) is 5.41 Å². The summed E-state index contributed by atoms with van der Waals surface area (Å²) in [6, 6.07) is 14.4. The van der Waals surface area contributed by atoms with Gasteiger partial charge in [-0.15, -0.1) is 5.11 Å². The first-order valence-corrected chi connectivity index (χ1v) is 7.08. The maximum absolute atomic E-state index is 14.5. The van der Waals surface area contributed by atoms with Gasteiger partial charge in [0.2, 0.25) is 0 Å². The second-order valence-electron chi connectivity index (χ2n) is 5.31. The van der Waals surface area contributed by atoms with Gasteiger partial charge in [-0.1, -0.05) is 56.8 Å². The van der Waals surface area contributed by atoms with Crippen LogP contribution in [0.1, 0.15) is 33.3 Å². The lowest BCUT2D eigenvalue weighted by molar-refractivity contribution is 0.583. The van der Waals surface area contributed by atoms with Crippen LogP contribution in [0.3, 0.4) is 0 Å². The SMILES string of the molecule is C.CCC(C)(/C(N=N)=N/N)c1ccc(-c2ccccc2)c(F)c1. The minimum absolute atomic E-state index is 0. The molecule has 0 spiro atoms. The lowest BCUT2D eigenvalue weighted by Crippen LogP contribution is -2.31. The molecule has 2 aromatic rings. The zero-order valence-corrected chi connectivity index (χ0v) is 12.7. The topological polar surface area (TPSA) is 74.6 Å². The Morgan fingerprint density at radius 1 is 1.22 bits per heavy atom. The molecule has 1 atom stereocenters. The van der Waals surface area contributed by atoms with Gasteiger partial charge < -0.3 is 5.84 Å². The number of nitrogens with zero attached hydrogens (tertiary/aromatic N) is 2. The smallest absolute Gasteiger partial charge is 0.179 e. The minimum Gasteiger partial charge on any atom is -0.321 e. The largest absolute Gasteiger partial charge is 0.321 e. The number of rotatable bonds is 4. The lowest BCUT2D eigenvalue weighted by Gasteiger charge is -2.27. The first-order valence-electron chi connectivity index (χ1n) is 7.08. The monoisotopic (exact) mass is 314 g/mol. The van der Waals surface area contributed by atoms with Crippen LogP contribution in [0.25, 0.3) is 11.1 Å². The van der Waals surface area contributed by atoms with Crippen LogP contribution in [0, 0.1) is 11.3 Å². The van der Waals surface area contributed by atoms with E-state index in [1.54, 1.807) is 6.07 Å². The molecule has 0 aliphatic heterocycles. The highest BCUT2D eigenvalue weighted by molar-refractivity contribution is 5.92. The molecule has 2 aromatic carbocycles. The molecule has 122 valence electrons. The molecule has 0 radical (unpaired) electrons. The third kappa shape index (κ3) is 3.44. The molecule has 0 saturated carbocycles. The van der Waals surface area contributed by atoms with Crippen LogP contribution in [-0.4, -0.2) is 5.84 Å². The van der Waals surface area contributed by atoms with Gasteiger partial charge in [0.15, 0.2) is 5.84 Å². The van der Waals surface area contributed by atoms with Crippen LogP contribution < -0.4 is 5.84 Å². The maximum atomic E-state index is 14.5. The zero-order chi connectivity index (χ0) is 16.2. The van der Waals surface area contributed by atoms with Crippen LogP contribution in [-0.2, 0) is 5.41 Å². The van der Waals surface area contributed by atoms with Gasteiger partial charge in [0.1, 0.15) is 5.82 Å². The molecule has 0 aliphatic carbocycles. The van der Waals surface area contributed by atoms with Crippen molar-refractivity contribution in [2.75, 3.05) is 0 Å². The number of nitrogens with one attached hydrogen (secondary N) is 1.